The van der Waals surface area contributed by atoms with E-state index in [1.165, 1.54) is 0 Å². The summed E-state index contributed by atoms with van der Waals surface area (Å²) < 4.78 is 11.6. The number of nitrogens with two attached hydrogens (primary N) is 1. The number of aliphatic hydroxyl groups excluding tert-OH is 1. The van der Waals surface area contributed by atoms with Crippen LogP contribution in [0.15, 0.2) is 48.5 Å². The first kappa shape index (κ1) is 27.6. The molecule has 2 fully saturated rings. The highest BCUT2D eigenvalue weighted by molar-refractivity contribution is 5.79. The summed E-state index contributed by atoms with van der Waals surface area (Å²) >= 11 is 0. The summed E-state index contributed by atoms with van der Waals surface area (Å²) in [5, 5.41) is 22.6. The highest BCUT2D eigenvalue weighted by Gasteiger charge is 2.44. The Morgan fingerprint density at radius 3 is 2.54 bits per heavy atom. The van der Waals surface area contributed by atoms with E-state index in [0.29, 0.717) is 44.7 Å². The smallest absolute Gasteiger partial charge is 0.225 e. The van der Waals surface area contributed by atoms with Gasteiger partial charge >= 0.3 is 0 Å². The van der Waals surface area contributed by atoms with E-state index in [9.17, 15) is 15.0 Å². The molecule has 0 unspecified atom stereocenters. The van der Waals surface area contributed by atoms with Crippen LogP contribution in [0.1, 0.15) is 56.1 Å². The number of methoxy groups -OCH3 is 1. The number of piperidine rings is 1. The first-order chi connectivity index (χ1) is 17.8. The number of amides is 1. The molecule has 0 spiro atoms. The van der Waals surface area contributed by atoms with Crippen LogP contribution < -0.4 is 10.5 Å². The second-order valence-corrected chi connectivity index (χ2v) is 10.8. The minimum Gasteiger partial charge on any atom is -0.457 e. The molecule has 1 saturated heterocycles. The van der Waals surface area contributed by atoms with Crippen molar-refractivity contribution < 1.29 is 24.5 Å². The van der Waals surface area contributed by atoms with Gasteiger partial charge in [-0.2, -0.15) is 0 Å². The molecular formula is C30H42N2O5. The molecule has 0 aromatic heterocycles. The van der Waals surface area contributed by atoms with Crippen molar-refractivity contribution in [3.05, 3.63) is 59.7 Å². The number of nitrogens with zero attached hydrogens (tertiary/aromatic N) is 1. The Kier molecular flexibility index (Phi) is 9.24. The van der Waals surface area contributed by atoms with Crippen molar-refractivity contribution in [3.63, 3.8) is 0 Å². The van der Waals surface area contributed by atoms with Gasteiger partial charge < -0.3 is 30.3 Å². The molecule has 1 aliphatic heterocycles. The summed E-state index contributed by atoms with van der Waals surface area (Å²) in [5.41, 5.74) is 6.60. The minimum absolute atomic E-state index is 0.0443. The van der Waals surface area contributed by atoms with E-state index >= 15 is 0 Å². The molecule has 1 saturated carbocycles. The van der Waals surface area contributed by atoms with Crippen LogP contribution >= 0.6 is 0 Å². The lowest BCUT2D eigenvalue weighted by Gasteiger charge is -2.44. The second-order valence-electron chi connectivity index (χ2n) is 10.8. The highest BCUT2D eigenvalue weighted by Crippen LogP contribution is 2.45. The van der Waals surface area contributed by atoms with Crippen LogP contribution in [0.4, 0.5) is 0 Å². The Hall–Kier alpha value is -2.45. The average Bonchev–Trinajstić information content (AvgIpc) is 3.25. The van der Waals surface area contributed by atoms with Crippen molar-refractivity contribution in [2.75, 3.05) is 26.8 Å². The molecule has 2 aromatic carbocycles. The van der Waals surface area contributed by atoms with Crippen molar-refractivity contribution in [1.29, 1.82) is 0 Å². The van der Waals surface area contributed by atoms with E-state index in [1.54, 1.807) is 7.11 Å². The van der Waals surface area contributed by atoms with E-state index in [2.05, 4.69) is 0 Å². The van der Waals surface area contributed by atoms with Gasteiger partial charge in [0.2, 0.25) is 5.91 Å². The van der Waals surface area contributed by atoms with Crippen molar-refractivity contribution in [2.24, 2.45) is 17.6 Å². The minimum atomic E-state index is -1.17. The number of hydrogen-bond donors (Lipinski definition) is 3. The highest BCUT2D eigenvalue weighted by atomic mass is 16.5. The lowest BCUT2D eigenvalue weighted by Crippen LogP contribution is -2.49. The topological polar surface area (TPSA) is 105 Å². The van der Waals surface area contributed by atoms with Gasteiger partial charge in [-0.25, -0.2) is 0 Å². The predicted molar refractivity (Wildman–Crippen MR) is 143 cm³/mol. The molecule has 1 heterocycles. The number of ether oxygens (including phenoxy) is 2. The standard InChI is InChI=1S/C30H42N2O5/c1-21-10-3-5-13-27(21)37-28-14-6-4-12-24(28)30(35,15-7-8-17-36-2)23-11-9-16-32(20-23)29(34)22-18-25(31)26(33)19-22/h3-6,10,12-14,22-23,25-26,33,35H,7-9,11,15-20,31H2,1-2H3/t22-,23+,25+,26-,30-/m0/s1. The zero-order valence-electron chi connectivity index (χ0n) is 22.1. The van der Waals surface area contributed by atoms with Gasteiger partial charge in [-0.3, -0.25) is 4.79 Å². The van der Waals surface area contributed by atoms with Gasteiger partial charge in [0.25, 0.3) is 0 Å². The molecule has 5 atom stereocenters. The van der Waals surface area contributed by atoms with Gasteiger partial charge in [-0.15, -0.1) is 0 Å². The molecule has 37 heavy (non-hydrogen) atoms. The number of carbonyl (C=O) groups excluding carboxylic acids is 1. The van der Waals surface area contributed by atoms with E-state index in [4.69, 9.17) is 15.2 Å². The third-order valence-corrected chi connectivity index (χ3v) is 8.16. The first-order valence-corrected chi connectivity index (χ1v) is 13.6. The van der Waals surface area contributed by atoms with Crippen LogP contribution in [0.25, 0.3) is 0 Å². The SMILES string of the molecule is COCCCC[C@@](O)(c1ccccc1Oc1ccccc1C)[C@@H]1CCCN(C(=O)[C@H]2C[C@@H](N)[C@@H](O)C2)C1. The first-order valence-electron chi connectivity index (χ1n) is 13.6. The monoisotopic (exact) mass is 510 g/mol. The summed E-state index contributed by atoms with van der Waals surface area (Å²) in [6.07, 6.45) is 4.10. The molecule has 7 nitrogen and oxygen atoms in total. The summed E-state index contributed by atoms with van der Waals surface area (Å²) in [6, 6.07) is 15.2. The maximum absolute atomic E-state index is 13.4. The van der Waals surface area contributed by atoms with Crippen LogP contribution in [-0.2, 0) is 15.1 Å². The molecule has 4 rings (SSSR count). The van der Waals surface area contributed by atoms with Crippen LogP contribution in [0.3, 0.4) is 0 Å². The number of unbranched alkanes of at least 4 members (excludes halogenated alkanes) is 1. The van der Waals surface area contributed by atoms with Crippen LogP contribution in [0.5, 0.6) is 11.5 Å². The zero-order chi connectivity index (χ0) is 26.4. The Balaban J connectivity index is 1.61. The average molecular weight is 511 g/mol. The van der Waals surface area contributed by atoms with Crippen LogP contribution in [0, 0.1) is 18.8 Å². The normalized spacial score (nSPS) is 25.6. The third kappa shape index (κ3) is 6.34. The maximum Gasteiger partial charge on any atom is 0.225 e. The molecule has 1 amide bonds. The lowest BCUT2D eigenvalue weighted by molar-refractivity contribution is -0.141. The van der Waals surface area contributed by atoms with E-state index in [-0.39, 0.29) is 23.8 Å². The van der Waals surface area contributed by atoms with Crippen molar-refractivity contribution >= 4 is 5.91 Å². The molecule has 4 N–H and O–H groups in total. The number of para-hydroxylation sites is 2. The summed E-state index contributed by atoms with van der Waals surface area (Å²) in [6.45, 7) is 3.78. The number of likely N-dealkylation sites (tertiary alicyclic amines) is 1. The number of aliphatic hydroxyl groups is 2. The van der Waals surface area contributed by atoms with Crippen molar-refractivity contribution in [3.8, 4) is 11.5 Å². The number of benzene rings is 2. The molecule has 0 radical (unpaired) electrons. The summed E-state index contributed by atoms with van der Waals surface area (Å²) in [4.78, 5) is 15.3. The predicted octanol–water partition coefficient (Wildman–Crippen LogP) is 4.13. The summed E-state index contributed by atoms with van der Waals surface area (Å²) in [5.74, 6) is 1.04. The molecule has 2 aliphatic rings. The number of rotatable bonds is 10. The molecule has 2 aromatic rings. The molecule has 7 heteroatoms. The molecular weight excluding hydrogens is 468 g/mol. The van der Waals surface area contributed by atoms with Crippen LogP contribution in [0.2, 0.25) is 0 Å². The number of aryl methyl sites for hydroxylation is 1. The van der Waals surface area contributed by atoms with Crippen LogP contribution in [-0.4, -0.2) is 60.0 Å². The Bertz CT molecular complexity index is 1040. The van der Waals surface area contributed by atoms with Gasteiger partial charge in [-0.1, -0.05) is 36.4 Å². The van der Waals surface area contributed by atoms with Crippen molar-refractivity contribution in [1.82, 2.24) is 4.90 Å². The Morgan fingerprint density at radius 2 is 1.84 bits per heavy atom. The van der Waals surface area contributed by atoms with Gasteiger partial charge in [0.05, 0.1) is 11.7 Å². The van der Waals surface area contributed by atoms with Gasteiger partial charge in [0.15, 0.2) is 0 Å². The maximum atomic E-state index is 13.4. The zero-order valence-corrected chi connectivity index (χ0v) is 22.1. The van der Waals surface area contributed by atoms with Gasteiger partial charge in [0, 0.05) is 50.2 Å². The third-order valence-electron chi connectivity index (χ3n) is 8.16. The quantitative estimate of drug-likeness (QED) is 0.415. The van der Waals surface area contributed by atoms with E-state index in [0.717, 1.165) is 42.6 Å². The van der Waals surface area contributed by atoms with E-state index < -0.39 is 11.7 Å². The van der Waals surface area contributed by atoms with E-state index in [1.807, 2.05) is 60.4 Å². The second kappa shape index (κ2) is 12.4. The fraction of sp³-hybridized carbons (Fsp3) is 0.567. The van der Waals surface area contributed by atoms with Gasteiger partial charge in [0.1, 0.15) is 11.5 Å². The number of carbonyl (C=O) groups is 1. The molecule has 202 valence electrons. The summed E-state index contributed by atoms with van der Waals surface area (Å²) in [7, 11) is 1.69. The Labute approximate surface area is 220 Å². The lowest BCUT2D eigenvalue weighted by atomic mass is 9.73. The molecule has 1 aliphatic carbocycles. The fourth-order valence-electron chi connectivity index (χ4n) is 5.98. The molecule has 0 bridgehead atoms. The van der Waals surface area contributed by atoms with Crippen molar-refractivity contribution in [2.45, 2.75) is 69.6 Å². The number of hydrogen-bond acceptors (Lipinski definition) is 6. The fourth-order valence-corrected chi connectivity index (χ4v) is 5.98. The van der Waals surface area contributed by atoms with Gasteiger partial charge in [-0.05, 0) is 69.6 Å². The Morgan fingerprint density at radius 1 is 1.11 bits per heavy atom. The largest absolute Gasteiger partial charge is 0.457 e.